The van der Waals surface area contributed by atoms with E-state index in [2.05, 4.69) is 30.9 Å². The Labute approximate surface area is 101 Å². The van der Waals surface area contributed by atoms with Crippen molar-refractivity contribution >= 4 is 15.9 Å². The van der Waals surface area contributed by atoms with Gasteiger partial charge in [-0.05, 0) is 18.2 Å². The van der Waals surface area contributed by atoms with E-state index in [1.165, 1.54) is 12.3 Å². The van der Waals surface area contributed by atoms with E-state index in [9.17, 15) is 4.39 Å². The van der Waals surface area contributed by atoms with Gasteiger partial charge in [0.15, 0.2) is 0 Å². The van der Waals surface area contributed by atoms with Gasteiger partial charge in [0, 0.05) is 29.2 Å². The SMILES string of the molecule is Fc1ccc(Br)cc1CNCc1ccon1. The number of aromatic nitrogens is 1. The molecule has 2 aromatic rings. The number of hydrogen-bond acceptors (Lipinski definition) is 3. The van der Waals surface area contributed by atoms with E-state index >= 15 is 0 Å². The zero-order chi connectivity index (χ0) is 11.4. The zero-order valence-corrected chi connectivity index (χ0v) is 10.00. The van der Waals surface area contributed by atoms with Crippen LogP contribution in [0.25, 0.3) is 0 Å². The summed E-state index contributed by atoms with van der Waals surface area (Å²) >= 11 is 3.31. The third kappa shape index (κ3) is 2.90. The molecule has 84 valence electrons. The molecule has 1 aromatic carbocycles. The predicted octanol–water partition coefficient (Wildman–Crippen LogP) is 2.87. The Morgan fingerprint density at radius 3 is 2.94 bits per heavy atom. The van der Waals surface area contributed by atoms with Crippen LogP contribution in [0.1, 0.15) is 11.3 Å². The van der Waals surface area contributed by atoms with Crippen molar-refractivity contribution in [1.29, 1.82) is 0 Å². The highest BCUT2D eigenvalue weighted by molar-refractivity contribution is 9.10. The highest BCUT2D eigenvalue weighted by Crippen LogP contribution is 2.15. The van der Waals surface area contributed by atoms with E-state index in [1.54, 1.807) is 18.2 Å². The summed E-state index contributed by atoms with van der Waals surface area (Å²) in [5.41, 5.74) is 1.42. The summed E-state index contributed by atoms with van der Waals surface area (Å²) in [7, 11) is 0. The fraction of sp³-hybridized carbons (Fsp3) is 0.182. The molecule has 0 amide bonds. The van der Waals surface area contributed by atoms with Gasteiger partial charge in [-0.2, -0.15) is 0 Å². The molecule has 0 unspecified atom stereocenters. The van der Waals surface area contributed by atoms with E-state index < -0.39 is 0 Å². The smallest absolute Gasteiger partial charge is 0.127 e. The van der Waals surface area contributed by atoms with Gasteiger partial charge in [0.25, 0.3) is 0 Å². The molecule has 0 bridgehead atoms. The Kier molecular flexibility index (Phi) is 3.69. The number of nitrogens with zero attached hydrogens (tertiary/aromatic N) is 1. The molecule has 3 nitrogen and oxygen atoms in total. The molecule has 0 saturated carbocycles. The Balaban J connectivity index is 1.92. The lowest BCUT2D eigenvalue weighted by molar-refractivity contribution is 0.408. The lowest BCUT2D eigenvalue weighted by Crippen LogP contribution is -2.13. The molecule has 0 atom stereocenters. The van der Waals surface area contributed by atoms with Crippen LogP contribution in [0.15, 0.2) is 39.5 Å². The van der Waals surface area contributed by atoms with Crippen LogP contribution in [0.3, 0.4) is 0 Å². The van der Waals surface area contributed by atoms with Gasteiger partial charge in [-0.3, -0.25) is 0 Å². The van der Waals surface area contributed by atoms with Crippen molar-refractivity contribution in [2.24, 2.45) is 0 Å². The molecule has 1 N–H and O–H groups in total. The van der Waals surface area contributed by atoms with Gasteiger partial charge in [-0.25, -0.2) is 4.39 Å². The minimum absolute atomic E-state index is 0.212. The normalized spacial score (nSPS) is 10.6. The minimum atomic E-state index is -0.212. The van der Waals surface area contributed by atoms with Crippen LogP contribution in [0.5, 0.6) is 0 Å². The first-order valence-corrected chi connectivity index (χ1v) is 5.59. The van der Waals surface area contributed by atoms with Gasteiger partial charge in [-0.1, -0.05) is 21.1 Å². The predicted molar refractivity (Wildman–Crippen MR) is 61.1 cm³/mol. The molecule has 0 spiro atoms. The number of halogens is 2. The largest absolute Gasteiger partial charge is 0.364 e. The minimum Gasteiger partial charge on any atom is -0.364 e. The molecule has 5 heteroatoms. The second-order valence-corrected chi connectivity index (χ2v) is 4.25. The average molecular weight is 285 g/mol. The lowest BCUT2D eigenvalue weighted by Gasteiger charge is -2.04. The lowest BCUT2D eigenvalue weighted by atomic mass is 10.2. The second kappa shape index (κ2) is 5.23. The van der Waals surface area contributed by atoms with E-state index in [0.29, 0.717) is 18.7 Å². The van der Waals surface area contributed by atoms with Crippen LogP contribution >= 0.6 is 15.9 Å². The van der Waals surface area contributed by atoms with E-state index in [-0.39, 0.29) is 5.82 Å². The Morgan fingerprint density at radius 1 is 1.31 bits per heavy atom. The van der Waals surface area contributed by atoms with Crippen molar-refractivity contribution in [2.75, 3.05) is 0 Å². The maximum absolute atomic E-state index is 13.3. The van der Waals surface area contributed by atoms with Crippen molar-refractivity contribution in [3.8, 4) is 0 Å². The van der Waals surface area contributed by atoms with Crippen molar-refractivity contribution in [2.45, 2.75) is 13.1 Å². The third-order valence-corrected chi connectivity index (χ3v) is 2.61. The van der Waals surface area contributed by atoms with Crippen molar-refractivity contribution in [1.82, 2.24) is 10.5 Å². The molecular weight excluding hydrogens is 275 g/mol. The fourth-order valence-corrected chi connectivity index (χ4v) is 1.74. The summed E-state index contributed by atoms with van der Waals surface area (Å²) in [6.07, 6.45) is 1.51. The highest BCUT2D eigenvalue weighted by Gasteiger charge is 2.03. The summed E-state index contributed by atoms with van der Waals surface area (Å²) in [6, 6.07) is 6.64. The summed E-state index contributed by atoms with van der Waals surface area (Å²) in [5.74, 6) is -0.212. The molecule has 0 aliphatic rings. The van der Waals surface area contributed by atoms with Gasteiger partial charge in [0.05, 0.1) is 5.69 Å². The molecule has 0 saturated heterocycles. The number of nitrogens with one attached hydrogen (secondary N) is 1. The third-order valence-electron chi connectivity index (χ3n) is 2.12. The molecule has 1 aromatic heterocycles. The molecule has 0 aliphatic carbocycles. The molecule has 0 aliphatic heterocycles. The molecular formula is C11H10BrFN2O. The molecule has 0 radical (unpaired) electrons. The first-order valence-electron chi connectivity index (χ1n) is 4.79. The van der Waals surface area contributed by atoms with Gasteiger partial charge in [-0.15, -0.1) is 0 Å². The van der Waals surface area contributed by atoms with Crippen molar-refractivity contribution in [3.63, 3.8) is 0 Å². The Morgan fingerprint density at radius 2 is 2.19 bits per heavy atom. The maximum atomic E-state index is 13.3. The molecule has 2 rings (SSSR count). The first kappa shape index (κ1) is 11.3. The monoisotopic (exact) mass is 284 g/mol. The summed E-state index contributed by atoms with van der Waals surface area (Å²) < 4.78 is 18.9. The Hall–Kier alpha value is -1.20. The van der Waals surface area contributed by atoms with Gasteiger partial charge in [0.1, 0.15) is 12.1 Å². The molecule has 0 fully saturated rings. The first-order chi connectivity index (χ1) is 7.75. The Bertz CT molecular complexity index is 459. The van der Waals surface area contributed by atoms with Crippen LogP contribution in [-0.2, 0) is 13.1 Å². The zero-order valence-electron chi connectivity index (χ0n) is 8.41. The van der Waals surface area contributed by atoms with Crippen molar-refractivity contribution < 1.29 is 8.91 Å². The highest BCUT2D eigenvalue weighted by atomic mass is 79.9. The van der Waals surface area contributed by atoms with Gasteiger partial charge in [0.2, 0.25) is 0 Å². The van der Waals surface area contributed by atoms with Crippen LogP contribution in [-0.4, -0.2) is 5.16 Å². The van der Waals surface area contributed by atoms with E-state index in [0.717, 1.165) is 10.2 Å². The maximum Gasteiger partial charge on any atom is 0.127 e. The second-order valence-electron chi connectivity index (χ2n) is 3.33. The summed E-state index contributed by atoms with van der Waals surface area (Å²) in [4.78, 5) is 0. The summed E-state index contributed by atoms with van der Waals surface area (Å²) in [6.45, 7) is 1.01. The number of hydrogen-bond donors (Lipinski definition) is 1. The van der Waals surface area contributed by atoms with Crippen LogP contribution in [0.2, 0.25) is 0 Å². The molecule has 1 heterocycles. The standard InChI is InChI=1S/C11H10BrFN2O/c12-9-1-2-11(13)8(5-9)6-14-7-10-3-4-16-15-10/h1-5,14H,6-7H2. The average Bonchev–Trinajstić information content (AvgIpc) is 2.76. The van der Waals surface area contributed by atoms with Crippen molar-refractivity contribution in [3.05, 3.63) is 52.1 Å². The topological polar surface area (TPSA) is 38.1 Å². The van der Waals surface area contributed by atoms with Gasteiger partial charge >= 0.3 is 0 Å². The fourth-order valence-electron chi connectivity index (χ4n) is 1.33. The van der Waals surface area contributed by atoms with E-state index in [4.69, 9.17) is 0 Å². The van der Waals surface area contributed by atoms with Crippen LogP contribution < -0.4 is 5.32 Å². The summed E-state index contributed by atoms with van der Waals surface area (Å²) in [5, 5.41) is 6.84. The van der Waals surface area contributed by atoms with Gasteiger partial charge < -0.3 is 9.84 Å². The number of rotatable bonds is 4. The quantitative estimate of drug-likeness (QED) is 0.938. The van der Waals surface area contributed by atoms with Crippen LogP contribution in [0.4, 0.5) is 4.39 Å². The number of benzene rings is 1. The van der Waals surface area contributed by atoms with Crippen LogP contribution in [0, 0.1) is 5.82 Å². The molecule has 16 heavy (non-hydrogen) atoms. The van der Waals surface area contributed by atoms with E-state index in [1.807, 2.05) is 0 Å².